The quantitative estimate of drug-likeness (QED) is 0.303. The number of nitrogen functional groups attached to an aromatic ring is 1. The Kier molecular flexibility index (Phi) is 5.36. The summed E-state index contributed by atoms with van der Waals surface area (Å²) in [6.07, 6.45) is -0.741. The van der Waals surface area contributed by atoms with Gasteiger partial charge in [-0.1, -0.05) is 0 Å². The van der Waals surface area contributed by atoms with Gasteiger partial charge in [0.2, 0.25) is 0 Å². The van der Waals surface area contributed by atoms with Crippen molar-refractivity contribution < 1.29 is 19.7 Å². The first kappa shape index (κ1) is 18.8. The minimum Gasteiger partial charge on any atom is -0.509 e. The first-order valence-electron chi connectivity index (χ1n) is 7.15. The zero-order valence-corrected chi connectivity index (χ0v) is 13.9. The molecular formula is C14H17N5O5S. The smallest absolute Gasteiger partial charge is 0.350 e. The van der Waals surface area contributed by atoms with Crippen LogP contribution >= 0.6 is 12.6 Å². The van der Waals surface area contributed by atoms with E-state index in [-0.39, 0.29) is 30.2 Å². The summed E-state index contributed by atoms with van der Waals surface area (Å²) in [7, 11) is 0. The van der Waals surface area contributed by atoms with Crippen molar-refractivity contribution in [3.63, 3.8) is 0 Å². The highest BCUT2D eigenvalue weighted by Crippen LogP contribution is 2.39. The average molecular weight is 367 g/mol. The fraction of sp³-hybridized carbons (Fsp3) is 0.429. The molecular weight excluding hydrogens is 350 g/mol. The third-order valence-corrected chi connectivity index (χ3v) is 4.29. The third-order valence-electron chi connectivity index (χ3n) is 3.89. The molecule has 0 fully saturated rings. The van der Waals surface area contributed by atoms with E-state index < -0.39 is 35.1 Å². The molecule has 0 amide bonds. The summed E-state index contributed by atoms with van der Waals surface area (Å²) in [5.41, 5.74) is 8.30. The van der Waals surface area contributed by atoms with Crippen LogP contribution in [-0.2, 0) is 15.1 Å². The number of carbonyl (C=O) groups excluding carboxylic acids is 1. The maximum atomic E-state index is 12.0. The Labute approximate surface area is 147 Å². The Hall–Kier alpha value is -2.55. The van der Waals surface area contributed by atoms with Crippen LogP contribution in [0.4, 0.5) is 5.82 Å². The molecule has 0 saturated carbocycles. The second kappa shape index (κ2) is 7.14. The van der Waals surface area contributed by atoms with E-state index in [0.29, 0.717) is 0 Å². The normalized spacial score (nSPS) is 24.0. The van der Waals surface area contributed by atoms with E-state index in [9.17, 15) is 25.1 Å². The van der Waals surface area contributed by atoms with Crippen molar-refractivity contribution in [1.82, 2.24) is 9.55 Å². The molecule has 0 saturated heterocycles. The number of aliphatic hydroxyl groups excluding tert-OH is 2. The van der Waals surface area contributed by atoms with E-state index in [1.807, 2.05) is 6.07 Å². The minimum absolute atomic E-state index is 0.0473. The van der Waals surface area contributed by atoms with Crippen molar-refractivity contribution >= 4 is 24.4 Å². The summed E-state index contributed by atoms with van der Waals surface area (Å²) < 4.78 is 5.83. The second-order valence-electron chi connectivity index (χ2n) is 5.51. The van der Waals surface area contributed by atoms with Crippen LogP contribution in [0.5, 0.6) is 0 Å². The van der Waals surface area contributed by atoms with Gasteiger partial charge in [-0.25, -0.2) is 4.79 Å². The van der Waals surface area contributed by atoms with Gasteiger partial charge in [-0.3, -0.25) is 9.36 Å². The van der Waals surface area contributed by atoms with Gasteiger partial charge in [0.1, 0.15) is 30.3 Å². The summed E-state index contributed by atoms with van der Waals surface area (Å²) in [6, 6.07) is 2.18. The lowest BCUT2D eigenvalue weighted by molar-refractivity contribution is -0.143. The molecule has 134 valence electrons. The zero-order valence-electron chi connectivity index (χ0n) is 13.0. The lowest BCUT2D eigenvalue weighted by Gasteiger charge is -2.27. The van der Waals surface area contributed by atoms with Gasteiger partial charge < -0.3 is 26.4 Å². The highest BCUT2D eigenvalue weighted by atomic mass is 32.1. The van der Waals surface area contributed by atoms with E-state index in [4.69, 9.17) is 16.2 Å². The molecule has 25 heavy (non-hydrogen) atoms. The Balaban J connectivity index is 2.29. The zero-order chi connectivity index (χ0) is 18.8. The van der Waals surface area contributed by atoms with Gasteiger partial charge in [0.15, 0.2) is 5.54 Å². The molecule has 1 aliphatic rings. The van der Waals surface area contributed by atoms with Crippen LogP contribution in [0.2, 0.25) is 0 Å². The van der Waals surface area contributed by atoms with Crippen molar-refractivity contribution in [2.24, 2.45) is 5.73 Å². The fourth-order valence-electron chi connectivity index (χ4n) is 2.49. The van der Waals surface area contributed by atoms with Crippen molar-refractivity contribution in [1.29, 1.82) is 5.26 Å². The molecule has 1 heterocycles. The van der Waals surface area contributed by atoms with Crippen molar-refractivity contribution in [3.8, 4) is 6.07 Å². The van der Waals surface area contributed by atoms with Crippen LogP contribution < -0.4 is 17.2 Å². The molecule has 0 aliphatic heterocycles. The lowest BCUT2D eigenvalue weighted by Crippen LogP contribution is -2.47. The number of ether oxygens (including phenoxy) is 1. The van der Waals surface area contributed by atoms with E-state index in [1.54, 1.807) is 0 Å². The molecule has 1 aromatic rings. The molecule has 0 bridgehead atoms. The lowest BCUT2D eigenvalue weighted by atomic mass is 9.94. The van der Waals surface area contributed by atoms with Gasteiger partial charge in [0.25, 0.3) is 0 Å². The number of carbonyl (C=O) groups is 1. The molecule has 0 spiro atoms. The van der Waals surface area contributed by atoms with Gasteiger partial charge in [0.05, 0.1) is 6.07 Å². The SMILES string of the molecule is N#C[C@@]1(n2ccc(N)nc2=O)CC(COC(=O)[C@H](N)CS)=C(O)C1O. The van der Waals surface area contributed by atoms with Crippen LogP contribution in [0.1, 0.15) is 6.42 Å². The van der Waals surface area contributed by atoms with Crippen LogP contribution in [0, 0.1) is 11.3 Å². The van der Waals surface area contributed by atoms with Gasteiger partial charge in [-0.2, -0.15) is 22.9 Å². The Bertz CT molecular complexity index is 817. The third kappa shape index (κ3) is 3.32. The standard InChI is InChI=1S/C14H17N5O5S/c15-6-14(19-2-1-9(17)18-13(19)23)3-7(10(20)11(14)21)4-24-12(22)8(16)5-25/h1-2,8,11,20-21,25H,3-5,16H2,(H2,17,18,23)/t8-,11?,14+/m1/s1. The Morgan fingerprint density at radius 3 is 2.92 bits per heavy atom. The number of anilines is 1. The van der Waals surface area contributed by atoms with E-state index in [1.165, 1.54) is 12.3 Å². The molecule has 6 N–H and O–H groups in total. The van der Waals surface area contributed by atoms with Crippen LogP contribution in [0.15, 0.2) is 28.4 Å². The molecule has 3 atom stereocenters. The summed E-state index contributed by atoms with van der Waals surface area (Å²) >= 11 is 3.87. The predicted molar refractivity (Wildman–Crippen MR) is 89.6 cm³/mol. The second-order valence-corrected chi connectivity index (χ2v) is 5.87. The topological polar surface area (TPSA) is 177 Å². The molecule has 1 aromatic heterocycles. The highest BCUT2D eigenvalue weighted by Gasteiger charge is 2.50. The Morgan fingerprint density at radius 1 is 1.68 bits per heavy atom. The maximum absolute atomic E-state index is 12.0. The fourth-order valence-corrected chi connectivity index (χ4v) is 2.64. The van der Waals surface area contributed by atoms with Gasteiger partial charge in [-0.15, -0.1) is 0 Å². The van der Waals surface area contributed by atoms with Gasteiger partial charge in [0, 0.05) is 23.9 Å². The molecule has 1 unspecified atom stereocenters. The first-order valence-corrected chi connectivity index (χ1v) is 7.79. The summed E-state index contributed by atoms with van der Waals surface area (Å²) in [5.74, 6) is -1.27. The first-order chi connectivity index (χ1) is 11.8. The predicted octanol–water partition coefficient (Wildman–Crippen LogP) is -1.58. The largest absolute Gasteiger partial charge is 0.509 e. The number of esters is 1. The van der Waals surface area contributed by atoms with Crippen molar-refractivity contribution in [2.75, 3.05) is 18.1 Å². The summed E-state index contributed by atoms with van der Waals surface area (Å²) in [6.45, 7) is -0.385. The maximum Gasteiger partial charge on any atom is 0.350 e. The summed E-state index contributed by atoms with van der Waals surface area (Å²) in [5, 5.41) is 30.0. The molecule has 11 heteroatoms. The number of nitrogens with two attached hydrogens (primary N) is 2. The minimum atomic E-state index is -1.82. The number of nitrogens with zero attached hydrogens (tertiary/aromatic N) is 3. The number of hydrogen-bond acceptors (Lipinski definition) is 10. The number of rotatable bonds is 5. The van der Waals surface area contributed by atoms with Crippen molar-refractivity contribution in [3.05, 3.63) is 34.1 Å². The number of nitriles is 1. The number of aromatic nitrogens is 2. The Morgan fingerprint density at radius 2 is 2.36 bits per heavy atom. The highest BCUT2D eigenvalue weighted by molar-refractivity contribution is 7.80. The monoisotopic (exact) mass is 367 g/mol. The molecule has 1 aliphatic carbocycles. The van der Waals surface area contributed by atoms with E-state index in [2.05, 4.69) is 17.6 Å². The number of thiol groups is 1. The molecule has 0 aromatic carbocycles. The molecule has 2 rings (SSSR count). The average Bonchev–Trinajstić information content (AvgIpc) is 2.84. The number of aliphatic hydroxyl groups is 2. The van der Waals surface area contributed by atoms with Crippen LogP contribution in [0.3, 0.4) is 0 Å². The molecule has 0 radical (unpaired) electrons. The van der Waals surface area contributed by atoms with Gasteiger partial charge in [-0.05, 0) is 6.07 Å². The van der Waals surface area contributed by atoms with Crippen LogP contribution in [0.25, 0.3) is 0 Å². The number of hydrogen-bond donors (Lipinski definition) is 5. The van der Waals surface area contributed by atoms with E-state index in [0.717, 1.165) is 4.57 Å². The van der Waals surface area contributed by atoms with Crippen molar-refractivity contribution in [2.45, 2.75) is 24.1 Å². The van der Waals surface area contributed by atoms with E-state index >= 15 is 0 Å². The molecule has 10 nitrogen and oxygen atoms in total. The van der Waals surface area contributed by atoms with Crippen LogP contribution in [-0.4, -0.2) is 50.2 Å². The summed E-state index contributed by atoms with van der Waals surface area (Å²) in [4.78, 5) is 27.2. The van der Waals surface area contributed by atoms with Gasteiger partial charge >= 0.3 is 11.7 Å².